The molecule has 1 fully saturated rings. The van der Waals surface area contributed by atoms with Gasteiger partial charge in [-0.15, -0.1) is 0 Å². The largest absolute Gasteiger partial charge is 0.481 e. The fourth-order valence-electron chi connectivity index (χ4n) is 1.72. The lowest BCUT2D eigenvalue weighted by Gasteiger charge is -2.24. The van der Waals surface area contributed by atoms with Crippen LogP contribution in [0.2, 0.25) is 0 Å². The van der Waals surface area contributed by atoms with E-state index in [1.165, 1.54) is 0 Å². The molecule has 0 bridgehead atoms. The number of hydrogen-bond donors (Lipinski definition) is 2. The maximum absolute atomic E-state index is 10.6. The van der Waals surface area contributed by atoms with Crippen molar-refractivity contribution in [1.29, 1.82) is 0 Å². The molecule has 0 amide bonds. The molecule has 1 aliphatic carbocycles. The molecular weight excluding hydrogens is 176 g/mol. The van der Waals surface area contributed by atoms with Crippen LogP contribution in [0.15, 0.2) is 0 Å². The Morgan fingerprint density at radius 2 is 1.23 bits per heavy atom. The Labute approximate surface area is 75.7 Å². The summed E-state index contributed by atoms with van der Waals surface area (Å²) in [5.74, 6) is -3.28. The summed E-state index contributed by atoms with van der Waals surface area (Å²) in [6, 6.07) is 0. The highest BCUT2D eigenvalue weighted by Gasteiger charge is 2.35. The smallest absolute Gasteiger partial charge is 0.307 e. The molecule has 1 aliphatic rings. The number of aliphatic carboxylic acids is 2. The molecule has 4 N–H and O–H groups in total. The van der Waals surface area contributed by atoms with Crippen molar-refractivity contribution in [3.8, 4) is 0 Å². The van der Waals surface area contributed by atoms with Crippen molar-refractivity contribution in [2.24, 2.45) is 11.8 Å². The lowest BCUT2D eigenvalue weighted by molar-refractivity contribution is -0.155. The second kappa shape index (κ2) is 4.81. The van der Waals surface area contributed by atoms with Crippen molar-refractivity contribution in [2.45, 2.75) is 25.7 Å². The SMILES string of the molecule is O.O=C(O)C1CCCCC1C(=O)O. The second-order valence-corrected chi connectivity index (χ2v) is 3.17. The molecule has 76 valence electrons. The average Bonchev–Trinajstić information content (AvgIpc) is 2.04. The molecule has 2 unspecified atom stereocenters. The third kappa shape index (κ3) is 2.69. The summed E-state index contributed by atoms with van der Waals surface area (Å²) in [5.41, 5.74) is 0. The van der Waals surface area contributed by atoms with Crippen molar-refractivity contribution in [3.63, 3.8) is 0 Å². The van der Waals surface area contributed by atoms with Gasteiger partial charge in [-0.3, -0.25) is 9.59 Å². The Kier molecular flexibility index (Phi) is 4.40. The van der Waals surface area contributed by atoms with Crippen LogP contribution in [0.1, 0.15) is 25.7 Å². The van der Waals surface area contributed by atoms with Gasteiger partial charge >= 0.3 is 11.9 Å². The third-order valence-corrected chi connectivity index (χ3v) is 2.40. The predicted molar refractivity (Wildman–Crippen MR) is 44.3 cm³/mol. The number of carbonyl (C=O) groups is 2. The summed E-state index contributed by atoms with van der Waals surface area (Å²) in [5, 5.41) is 17.4. The Hall–Kier alpha value is -1.10. The van der Waals surface area contributed by atoms with Gasteiger partial charge in [0, 0.05) is 0 Å². The standard InChI is InChI=1S/C8H12O4.H2O/c9-7(10)5-3-1-2-4-6(5)8(11)12;/h5-6H,1-4H2,(H,9,10)(H,11,12);1H2. The molecule has 0 heterocycles. The van der Waals surface area contributed by atoms with Gasteiger partial charge in [0.1, 0.15) is 0 Å². The molecule has 1 saturated carbocycles. The number of rotatable bonds is 2. The Morgan fingerprint density at radius 3 is 1.46 bits per heavy atom. The van der Waals surface area contributed by atoms with Gasteiger partial charge < -0.3 is 15.7 Å². The monoisotopic (exact) mass is 190 g/mol. The minimum Gasteiger partial charge on any atom is -0.481 e. The molecule has 13 heavy (non-hydrogen) atoms. The van der Waals surface area contributed by atoms with Gasteiger partial charge in [0.25, 0.3) is 0 Å². The number of carboxylic acid groups (broad SMARTS) is 2. The molecule has 0 spiro atoms. The Balaban J connectivity index is 0.00000144. The van der Waals surface area contributed by atoms with Crippen molar-refractivity contribution in [1.82, 2.24) is 0 Å². The van der Waals surface area contributed by atoms with Crippen LogP contribution in [0.5, 0.6) is 0 Å². The van der Waals surface area contributed by atoms with Gasteiger partial charge in [0.15, 0.2) is 0 Å². The Bertz CT molecular complexity index is 179. The van der Waals surface area contributed by atoms with Crippen LogP contribution in [-0.4, -0.2) is 27.6 Å². The Morgan fingerprint density at radius 1 is 0.923 bits per heavy atom. The molecule has 0 aliphatic heterocycles. The summed E-state index contributed by atoms with van der Waals surface area (Å²) >= 11 is 0. The summed E-state index contributed by atoms with van der Waals surface area (Å²) < 4.78 is 0. The zero-order valence-corrected chi connectivity index (χ0v) is 7.19. The van der Waals surface area contributed by atoms with Gasteiger partial charge in [-0.05, 0) is 12.8 Å². The molecule has 0 aromatic heterocycles. The van der Waals surface area contributed by atoms with Crippen molar-refractivity contribution >= 4 is 11.9 Å². The molecular formula is C8H14O5. The van der Waals surface area contributed by atoms with E-state index in [0.717, 1.165) is 12.8 Å². The first-order valence-corrected chi connectivity index (χ1v) is 4.08. The van der Waals surface area contributed by atoms with Gasteiger partial charge in [0.2, 0.25) is 0 Å². The van der Waals surface area contributed by atoms with Crippen LogP contribution < -0.4 is 0 Å². The average molecular weight is 190 g/mol. The van der Waals surface area contributed by atoms with Gasteiger partial charge in [-0.1, -0.05) is 12.8 Å². The van der Waals surface area contributed by atoms with E-state index in [-0.39, 0.29) is 5.48 Å². The van der Waals surface area contributed by atoms with E-state index in [0.29, 0.717) is 12.8 Å². The topological polar surface area (TPSA) is 106 Å². The van der Waals surface area contributed by atoms with Crippen LogP contribution in [-0.2, 0) is 9.59 Å². The van der Waals surface area contributed by atoms with Crippen LogP contribution in [0.25, 0.3) is 0 Å². The van der Waals surface area contributed by atoms with E-state index >= 15 is 0 Å². The van der Waals surface area contributed by atoms with E-state index in [9.17, 15) is 9.59 Å². The highest BCUT2D eigenvalue weighted by atomic mass is 16.4. The van der Waals surface area contributed by atoms with Crippen LogP contribution in [0.4, 0.5) is 0 Å². The van der Waals surface area contributed by atoms with Crippen molar-refractivity contribution in [3.05, 3.63) is 0 Å². The van der Waals surface area contributed by atoms with E-state index in [1.807, 2.05) is 0 Å². The molecule has 0 radical (unpaired) electrons. The van der Waals surface area contributed by atoms with Crippen LogP contribution in [0.3, 0.4) is 0 Å². The maximum Gasteiger partial charge on any atom is 0.307 e. The lowest BCUT2D eigenvalue weighted by atomic mass is 9.79. The molecule has 2 atom stereocenters. The zero-order valence-electron chi connectivity index (χ0n) is 7.19. The molecule has 1 rings (SSSR count). The quantitative estimate of drug-likeness (QED) is 0.645. The highest BCUT2D eigenvalue weighted by molar-refractivity contribution is 5.80. The third-order valence-electron chi connectivity index (χ3n) is 2.40. The summed E-state index contributed by atoms with van der Waals surface area (Å²) in [6.07, 6.45) is 2.68. The van der Waals surface area contributed by atoms with Crippen LogP contribution >= 0.6 is 0 Å². The molecule has 0 saturated heterocycles. The van der Waals surface area contributed by atoms with Gasteiger partial charge in [-0.25, -0.2) is 0 Å². The number of hydrogen-bond acceptors (Lipinski definition) is 2. The van der Waals surface area contributed by atoms with Crippen LogP contribution in [0, 0.1) is 11.8 Å². The highest BCUT2D eigenvalue weighted by Crippen LogP contribution is 2.30. The minimum atomic E-state index is -0.970. The lowest BCUT2D eigenvalue weighted by Crippen LogP contribution is -2.32. The normalized spacial score (nSPS) is 27.4. The first kappa shape index (κ1) is 11.9. The summed E-state index contributed by atoms with van der Waals surface area (Å²) in [6.45, 7) is 0. The van der Waals surface area contributed by atoms with E-state index in [1.54, 1.807) is 0 Å². The fourth-order valence-corrected chi connectivity index (χ4v) is 1.72. The zero-order chi connectivity index (χ0) is 9.14. The number of carboxylic acids is 2. The molecule has 5 nitrogen and oxygen atoms in total. The molecule has 5 heteroatoms. The first-order valence-electron chi connectivity index (χ1n) is 4.08. The second-order valence-electron chi connectivity index (χ2n) is 3.17. The first-order chi connectivity index (χ1) is 5.63. The van der Waals surface area contributed by atoms with Gasteiger partial charge in [0.05, 0.1) is 11.8 Å². The minimum absolute atomic E-state index is 0. The summed E-state index contributed by atoms with van der Waals surface area (Å²) in [7, 11) is 0. The van der Waals surface area contributed by atoms with Crippen molar-refractivity contribution < 1.29 is 25.3 Å². The van der Waals surface area contributed by atoms with Gasteiger partial charge in [-0.2, -0.15) is 0 Å². The van der Waals surface area contributed by atoms with E-state index in [4.69, 9.17) is 10.2 Å². The van der Waals surface area contributed by atoms with E-state index < -0.39 is 23.8 Å². The maximum atomic E-state index is 10.6. The van der Waals surface area contributed by atoms with E-state index in [2.05, 4.69) is 0 Å². The molecule has 0 aromatic rings. The summed E-state index contributed by atoms with van der Waals surface area (Å²) in [4.78, 5) is 21.2. The van der Waals surface area contributed by atoms with Crippen molar-refractivity contribution in [2.75, 3.05) is 0 Å². The fraction of sp³-hybridized carbons (Fsp3) is 0.750. The molecule has 0 aromatic carbocycles. The predicted octanol–water partition coefficient (Wildman–Crippen LogP) is 0.137.